The van der Waals surface area contributed by atoms with E-state index in [1.807, 2.05) is 0 Å². The molecule has 0 aliphatic carbocycles. The van der Waals surface area contributed by atoms with Gasteiger partial charge in [-0.15, -0.1) is 0 Å². The van der Waals surface area contributed by atoms with Crippen LogP contribution in [0.4, 0.5) is 4.39 Å². The van der Waals surface area contributed by atoms with Crippen molar-refractivity contribution in [2.75, 3.05) is 0 Å². The lowest BCUT2D eigenvalue weighted by Gasteiger charge is -2.14. The van der Waals surface area contributed by atoms with Gasteiger partial charge in [-0.1, -0.05) is 12.1 Å². The van der Waals surface area contributed by atoms with Gasteiger partial charge in [-0.2, -0.15) is 0 Å². The lowest BCUT2D eigenvalue weighted by atomic mass is 10.1. The molecule has 0 radical (unpaired) electrons. The monoisotopic (exact) mass is 358 g/mol. The highest BCUT2D eigenvalue weighted by atomic mass is 79.9. The standard InChI is InChI=1S/C13H12BrFN2O2S/c1-9(10-3-2-4-12(15)5-10)17-20(18,19)13-6-11(14)7-16-8-13/h2-9,17H,1H3. The second-order valence-corrected chi connectivity index (χ2v) is 6.87. The van der Waals surface area contributed by atoms with Crippen molar-refractivity contribution in [1.82, 2.24) is 9.71 Å². The summed E-state index contributed by atoms with van der Waals surface area (Å²) in [5.74, 6) is -0.405. The highest BCUT2D eigenvalue weighted by Crippen LogP contribution is 2.19. The third-order valence-corrected chi connectivity index (χ3v) is 4.61. The normalized spacial score (nSPS) is 13.2. The first-order valence-corrected chi connectivity index (χ1v) is 8.04. The Kier molecular flexibility index (Phi) is 4.52. The van der Waals surface area contributed by atoms with Crippen molar-refractivity contribution in [3.05, 3.63) is 58.6 Å². The van der Waals surface area contributed by atoms with Crippen LogP contribution in [0.15, 0.2) is 52.1 Å². The van der Waals surface area contributed by atoms with Gasteiger partial charge in [-0.05, 0) is 46.6 Å². The second-order valence-electron chi connectivity index (χ2n) is 4.24. The number of benzene rings is 1. The third-order valence-electron chi connectivity index (χ3n) is 2.67. The van der Waals surface area contributed by atoms with Crippen LogP contribution >= 0.6 is 15.9 Å². The molecule has 2 aromatic rings. The van der Waals surface area contributed by atoms with E-state index in [2.05, 4.69) is 25.6 Å². The van der Waals surface area contributed by atoms with Crippen molar-refractivity contribution in [3.63, 3.8) is 0 Å². The maximum atomic E-state index is 13.1. The molecule has 4 nitrogen and oxygen atoms in total. The molecule has 7 heteroatoms. The highest BCUT2D eigenvalue weighted by molar-refractivity contribution is 9.10. The quantitative estimate of drug-likeness (QED) is 0.913. The first-order chi connectivity index (χ1) is 9.38. The number of nitrogens with zero attached hydrogens (tertiary/aromatic N) is 1. The van der Waals surface area contributed by atoms with Gasteiger partial charge in [0, 0.05) is 22.9 Å². The van der Waals surface area contributed by atoms with Gasteiger partial charge in [0.1, 0.15) is 10.7 Å². The summed E-state index contributed by atoms with van der Waals surface area (Å²) in [7, 11) is -3.71. The maximum Gasteiger partial charge on any atom is 0.242 e. The molecule has 0 aliphatic heterocycles. The van der Waals surface area contributed by atoms with E-state index in [4.69, 9.17) is 0 Å². The Morgan fingerprint density at radius 3 is 2.70 bits per heavy atom. The minimum Gasteiger partial charge on any atom is -0.262 e. The fourth-order valence-electron chi connectivity index (χ4n) is 1.68. The molecule has 0 bridgehead atoms. The number of sulfonamides is 1. The summed E-state index contributed by atoms with van der Waals surface area (Å²) in [5, 5.41) is 0. The number of hydrogen-bond acceptors (Lipinski definition) is 3. The van der Waals surface area contributed by atoms with Gasteiger partial charge < -0.3 is 0 Å². The number of rotatable bonds is 4. The van der Waals surface area contributed by atoms with Crippen molar-refractivity contribution >= 4 is 26.0 Å². The van der Waals surface area contributed by atoms with Crippen LogP contribution in [0.3, 0.4) is 0 Å². The summed E-state index contributed by atoms with van der Waals surface area (Å²) in [6.45, 7) is 1.65. The molecule has 1 unspecified atom stereocenters. The average molecular weight is 359 g/mol. The fourth-order valence-corrected chi connectivity index (χ4v) is 3.42. The average Bonchev–Trinajstić information content (AvgIpc) is 2.38. The predicted octanol–water partition coefficient (Wildman–Crippen LogP) is 3.02. The van der Waals surface area contributed by atoms with Gasteiger partial charge in [0.25, 0.3) is 0 Å². The first kappa shape index (κ1) is 15.1. The van der Waals surface area contributed by atoms with E-state index in [1.54, 1.807) is 13.0 Å². The summed E-state index contributed by atoms with van der Waals surface area (Å²) < 4.78 is 40.6. The highest BCUT2D eigenvalue weighted by Gasteiger charge is 2.19. The Hall–Kier alpha value is -1.31. The molecule has 0 spiro atoms. The van der Waals surface area contributed by atoms with Crippen molar-refractivity contribution in [2.24, 2.45) is 0 Å². The number of nitrogens with one attached hydrogen (secondary N) is 1. The first-order valence-electron chi connectivity index (χ1n) is 5.77. The summed E-state index contributed by atoms with van der Waals surface area (Å²) in [4.78, 5) is 3.87. The van der Waals surface area contributed by atoms with E-state index in [-0.39, 0.29) is 4.90 Å². The van der Waals surface area contributed by atoms with Crippen molar-refractivity contribution < 1.29 is 12.8 Å². The van der Waals surface area contributed by atoms with Gasteiger partial charge in [-0.3, -0.25) is 4.98 Å². The van der Waals surface area contributed by atoms with Gasteiger partial charge in [0.05, 0.1) is 0 Å². The molecule has 1 N–H and O–H groups in total. The summed E-state index contributed by atoms with van der Waals surface area (Å²) >= 11 is 3.17. The molecule has 20 heavy (non-hydrogen) atoms. The van der Waals surface area contributed by atoms with E-state index < -0.39 is 21.9 Å². The minimum atomic E-state index is -3.71. The van der Waals surface area contributed by atoms with Crippen LogP contribution < -0.4 is 4.72 Å². The molecule has 0 aliphatic rings. The third kappa shape index (κ3) is 3.62. The van der Waals surface area contributed by atoms with Crippen LogP contribution in [0.2, 0.25) is 0 Å². The van der Waals surface area contributed by atoms with Crippen molar-refractivity contribution in [3.8, 4) is 0 Å². The van der Waals surface area contributed by atoms with E-state index in [1.165, 1.54) is 36.7 Å². The lowest BCUT2D eigenvalue weighted by Crippen LogP contribution is -2.27. The van der Waals surface area contributed by atoms with Crippen LogP contribution in [-0.4, -0.2) is 13.4 Å². The Morgan fingerprint density at radius 1 is 1.30 bits per heavy atom. The molecule has 0 amide bonds. The van der Waals surface area contributed by atoms with Crippen LogP contribution in [0.25, 0.3) is 0 Å². The molecule has 106 valence electrons. The van der Waals surface area contributed by atoms with Crippen LogP contribution in [-0.2, 0) is 10.0 Å². The molecular weight excluding hydrogens is 347 g/mol. The van der Waals surface area contributed by atoms with Crippen molar-refractivity contribution in [2.45, 2.75) is 17.9 Å². The Labute approximate surface area is 125 Å². The molecule has 1 atom stereocenters. The van der Waals surface area contributed by atoms with Crippen molar-refractivity contribution in [1.29, 1.82) is 0 Å². The van der Waals surface area contributed by atoms with E-state index >= 15 is 0 Å². The number of halogens is 2. The molecule has 1 aromatic carbocycles. The SMILES string of the molecule is CC(NS(=O)(=O)c1cncc(Br)c1)c1cccc(F)c1. The second kappa shape index (κ2) is 5.99. The maximum absolute atomic E-state index is 13.1. The van der Waals surface area contributed by atoms with Gasteiger partial charge in [0.15, 0.2) is 0 Å². The van der Waals surface area contributed by atoms with Gasteiger partial charge >= 0.3 is 0 Å². The smallest absolute Gasteiger partial charge is 0.242 e. The summed E-state index contributed by atoms with van der Waals surface area (Å²) in [6, 6.07) is 6.71. The Bertz CT molecular complexity index is 722. The molecular formula is C13H12BrFN2O2S. The van der Waals surface area contributed by atoms with Gasteiger partial charge in [-0.25, -0.2) is 17.5 Å². The minimum absolute atomic E-state index is 0.0510. The topological polar surface area (TPSA) is 59.1 Å². The largest absolute Gasteiger partial charge is 0.262 e. The Morgan fingerprint density at radius 2 is 2.05 bits per heavy atom. The molecule has 1 aromatic heterocycles. The molecule has 0 saturated heterocycles. The summed E-state index contributed by atoms with van der Waals surface area (Å²) in [6.07, 6.45) is 2.75. The number of pyridine rings is 1. The molecule has 0 saturated carbocycles. The van der Waals surface area contributed by atoms with E-state index in [9.17, 15) is 12.8 Å². The number of aromatic nitrogens is 1. The fraction of sp³-hybridized carbons (Fsp3) is 0.154. The zero-order chi connectivity index (χ0) is 14.8. The van der Waals surface area contributed by atoms with Crippen LogP contribution in [0.5, 0.6) is 0 Å². The zero-order valence-electron chi connectivity index (χ0n) is 10.5. The van der Waals surface area contributed by atoms with E-state index in [0.717, 1.165) is 0 Å². The predicted molar refractivity (Wildman–Crippen MR) is 77.1 cm³/mol. The lowest BCUT2D eigenvalue weighted by molar-refractivity contribution is 0.564. The molecule has 2 rings (SSSR count). The van der Waals surface area contributed by atoms with Crippen LogP contribution in [0, 0.1) is 5.82 Å². The van der Waals surface area contributed by atoms with Gasteiger partial charge in [0.2, 0.25) is 10.0 Å². The van der Waals surface area contributed by atoms with Crippen LogP contribution in [0.1, 0.15) is 18.5 Å². The zero-order valence-corrected chi connectivity index (χ0v) is 12.9. The summed E-state index contributed by atoms with van der Waals surface area (Å²) in [5.41, 5.74) is 0.552. The van der Waals surface area contributed by atoms with E-state index in [0.29, 0.717) is 10.0 Å². The molecule has 1 heterocycles. The Balaban J connectivity index is 2.24. The molecule has 0 fully saturated rings. The number of hydrogen-bond donors (Lipinski definition) is 1.